The number of aromatic hydroxyl groups is 1. The molecule has 1 heterocycles. The molecule has 1 N–H and O–H groups in total. The molecule has 1 aromatic rings. The molecule has 0 bridgehead atoms. The Labute approximate surface area is 126 Å². The molecule has 0 aromatic carbocycles. The van der Waals surface area contributed by atoms with Crippen molar-refractivity contribution in [3.05, 3.63) is 27.8 Å². The number of rotatable bonds is 10. The van der Waals surface area contributed by atoms with Gasteiger partial charge in [-0.05, 0) is 13.3 Å². The van der Waals surface area contributed by atoms with E-state index in [1.165, 1.54) is 38.2 Å². The molecule has 0 aliphatic heterocycles. The van der Waals surface area contributed by atoms with Gasteiger partial charge < -0.3 is 9.52 Å². The van der Waals surface area contributed by atoms with Crippen LogP contribution in [0.15, 0.2) is 15.3 Å². The Morgan fingerprint density at radius 1 is 1.10 bits per heavy atom. The van der Waals surface area contributed by atoms with Gasteiger partial charge in [-0.15, -0.1) is 0 Å². The van der Waals surface area contributed by atoms with E-state index in [4.69, 9.17) is 4.42 Å². The first-order valence-corrected chi connectivity index (χ1v) is 7.93. The molecule has 0 aliphatic carbocycles. The molecule has 21 heavy (non-hydrogen) atoms. The van der Waals surface area contributed by atoms with Gasteiger partial charge in [-0.2, -0.15) is 0 Å². The van der Waals surface area contributed by atoms with Gasteiger partial charge in [-0.1, -0.05) is 51.9 Å². The zero-order valence-electron chi connectivity index (χ0n) is 13.1. The highest BCUT2D eigenvalue weighted by Crippen LogP contribution is 2.18. The molecular formula is C17H26O4. The van der Waals surface area contributed by atoms with Crippen molar-refractivity contribution in [3.63, 3.8) is 0 Å². The molecule has 4 heteroatoms. The van der Waals surface area contributed by atoms with Gasteiger partial charge in [0.05, 0.1) is 0 Å². The van der Waals surface area contributed by atoms with Gasteiger partial charge in [-0.25, -0.2) is 4.79 Å². The fourth-order valence-electron chi connectivity index (χ4n) is 2.40. The maximum atomic E-state index is 12.0. The van der Waals surface area contributed by atoms with Crippen LogP contribution in [0.25, 0.3) is 0 Å². The van der Waals surface area contributed by atoms with E-state index < -0.39 is 5.63 Å². The molecule has 0 radical (unpaired) electrons. The Hall–Kier alpha value is -1.58. The van der Waals surface area contributed by atoms with Crippen LogP contribution in [-0.4, -0.2) is 10.9 Å². The van der Waals surface area contributed by atoms with Gasteiger partial charge in [0.15, 0.2) is 5.78 Å². The smallest absolute Gasteiger partial charge is 0.350 e. The molecule has 4 nitrogen and oxygen atoms in total. The van der Waals surface area contributed by atoms with Crippen LogP contribution >= 0.6 is 0 Å². The van der Waals surface area contributed by atoms with Crippen molar-refractivity contribution in [1.29, 1.82) is 0 Å². The highest BCUT2D eigenvalue weighted by molar-refractivity contribution is 5.97. The van der Waals surface area contributed by atoms with E-state index >= 15 is 0 Å². The van der Waals surface area contributed by atoms with E-state index in [0.717, 1.165) is 19.3 Å². The van der Waals surface area contributed by atoms with Gasteiger partial charge >= 0.3 is 5.63 Å². The van der Waals surface area contributed by atoms with E-state index in [0.29, 0.717) is 5.76 Å². The summed E-state index contributed by atoms with van der Waals surface area (Å²) >= 11 is 0. The van der Waals surface area contributed by atoms with Crippen LogP contribution in [-0.2, 0) is 0 Å². The second kappa shape index (κ2) is 9.37. The third-order valence-corrected chi connectivity index (χ3v) is 3.59. The third kappa shape index (κ3) is 6.15. The van der Waals surface area contributed by atoms with Gasteiger partial charge in [0.1, 0.15) is 17.1 Å². The number of hydrogen-bond donors (Lipinski definition) is 1. The lowest BCUT2D eigenvalue weighted by molar-refractivity contribution is 0.0972. The topological polar surface area (TPSA) is 67.5 Å². The summed E-state index contributed by atoms with van der Waals surface area (Å²) < 4.78 is 4.86. The highest BCUT2D eigenvalue weighted by atomic mass is 16.4. The Kier molecular flexibility index (Phi) is 7.80. The normalized spacial score (nSPS) is 10.8. The molecule has 1 aromatic heterocycles. The van der Waals surface area contributed by atoms with Crippen LogP contribution in [0, 0.1) is 6.92 Å². The zero-order valence-corrected chi connectivity index (χ0v) is 13.1. The van der Waals surface area contributed by atoms with Crippen molar-refractivity contribution in [1.82, 2.24) is 0 Å². The predicted molar refractivity (Wildman–Crippen MR) is 82.9 cm³/mol. The average Bonchev–Trinajstić information content (AvgIpc) is 2.40. The molecule has 0 unspecified atom stereocenters. The summed E-state index contributed by atoms with van der Waals surface area (Å²) in [5.41, 5.74) is -0.944. The average molecular weight is 294 g/mol. The molecule has 1 rings (SSSR count). The Bertz CT molecular complexity index is 502. The number of carbonyl (C=O) groups excluding carboxylic acids is 1. The molecule has 0 aliphatic rings. The van der Waals surface area contributed by atoms with E-state index in [-0.39, 0.29) is 23.5 Å². The van der Waals surface area contributed by atoms with Crippen molar-refractivity contribution in [2.24, 2.45) is 0 Å². The molecule has 118 valence electrons. The number of Topliss-reactive ketones (excluding diaryl/α,β-unsaturated/α-hetero) is 1. The fourth-order valence-corrected chi connectivity index (χ4v) is 2.40. The van der Waals surface area contributed by atoms with Gasteiger partial charge in [0, 0.05) is 12.5 Å². The second-order valence-corrected chi connectivity index (χ2v) is 5.55. The molecular weight excluding hydrogens is 268 g/mol. The summed E-state index contributed by atoms with van der Waals surface area (Å²) in [6.45, 7) is 3.76. The van der Waals surface area contributed by atoms with Crippen LogP contribution in [0.5, 0.6) is 5.75 Å². The predicted octanol–water partition coefficient (Wildman–Crippen LogP) is 4.37. The van der Waals surface area contributed by atoms with E-state index in [9.17, 15) is 14.7 Å². The zero-order chi connectivity index (χ0) is 15.7. The standard InChI is InChI=1S/C17H26O4/c1-3-4-5-6-7-8-9-10-11-14(18)16-15(19)12-13(2)21-17(16)20/h12,19H,3-11H2,1-2H3. The van der Waals surface area contributed by atoms with Gasteiger partial charge in [0.25, 0.3) is 0 Å². The summed E-state index contributed by atoms with van der Waals surface area (Å²) in [5, 5.41) is 9.68. The first-order chi connectivity index (χ1) is 10.1. The van der Waals surface area contributed by atoms with E-state index in [1.54, 1.807) is 6.92 Å². The summed E-state index contributed by atoms with van der Waals surface area (Å²) in [6.07, 6.45) is 9.42. The highest BCUT2D eigenvalue weighted by Gasteiger charge is 2.17. The minimum absolute atomic E-state index is 0.205. The minimum Gasteiger partial charge on any atom is -0.507 e. The molecule has 0 amide bonds. The maximum absolute atomic E-state index is 12.0. The molecule has 0 fully saturated rings. The van der Waals surface area contributed by atoms with Gasteiger partial charge in [0.2, 0.25) is 0 Å². The van der Waals surface area contributed by atoms with Crippen LogP contribution in [0.4, 0.5) is 0 Å². The van der Waals surface area contributed by atoms with E-state index in [1.807, 2.05) is 0 Å². The first kappa shape index (κ1) is 17.5. The summed E-state index contributed by atoms with van der Waals surface area (Å²) in [6, 6.07) is 1.31. The van der Waals surface area contributed by atoms with Crippen LogP contribution in [0.2, 0.25) is 0 Å². The summed E-state index contributed by atoms with van der Waals surface area (Å²) in [5.74, 6) is -0.290. The van der Waals surface area contributed by atoms with Crippen molar-refractivity contribution in [2.45, 2.75) is 71.6 Å². The van der Waals surface area contributed by atoms with Crippen molar-refractivity contribution < 1.29 is 14.3 Å². The van der Waals surface area contributed by atoms with Crippen LogP contribution < -0.4 is 5.63 Å². The van der Waals surface area contributed by atoms with Crippen molar-refractivity contribution >= 4 is 5.78 Å². The summed E-state index contributed by atoms with van der Waals surface area (Å²) in [7, 11) is 0. The number of ketones is 1. The quantitative estimate of drug-likeness (QED) is 0.514. The lowest BCUT2D eigenvalue weighted by Crippen LogP contribution is -2.14. The number of unbranched alkanes of at least 4 members (excludes halogenated alkanes) is 7. The molecule has 0 saturated heterocycles. The van der Waals surface area contributed by atoms with Crippen molar-refractivity contribution in [2.75, 3.05) is 0 Å². The second-order valence-electron chi connectivity index (χ2n) is 5.55. The van der Waals surface area contributed by atoms with Crippen molar-refractivity contribution in [3.8, 4) is 5.75 Å². The largest absolute Gasteiger partial charge is 0.507 e. The molecule has 0 saturated carbocycles. The fraction of sp³-hybridized carbons (Fsp3) is 0.647. The number of hydrogen-bond acceptors (Lipinski definition) is 4. The lowest BCUT2D eigenvalue weighted by Gasteiger charge is -2.04. The molecule has 0 atom stereocenters. The van der Waals surface area contributed by atoms with E-state index in [2.05, 4.69) is 6.92 Å². The Morgan fingerprint density at radius 3 is 2.24 bits per heavy atom. The van der Waals surface area contributed by atoms with Crippen LogP contribution in [0.1, 0.15) is 80.8 Å². The number of carbonyl (C=O) groups is 1. The SMILES string of the molecule is CCCCCCCCCCC(=O)c1c(O)cc(C)oc1=O. The monoisotopic (exact) mass is 294 g/mol. The Balaban J connectivity index is 2.30. The van der Waals surface area contributed by atoms with Gasteiger partial charge in [-0.3, -0.25) is 4.79 Å². The molecule has 0 spiro atoms. The third-order valence-electron chi connectivity index (χ3n) is 3.59. The van der Waals surface area contributed by atoms with Crippen LogP contribution in [0.3, 0.4) is 0 Å². The first-order valence-electron chi connectivity index (χ1n) is 7.93. The lowest BCUT2D eigenvalue weighted by atomic mass is 10.0. The Morgan fingerprint density at radius 2 is 1.67 bits per heavy atom. The summed E-state index contributed by atoms with van der Waals surface area (Å²) in [4.78, 5) is 23.5. The maximum Gasteiger partial charge on any atom is 0.350 e. The minimum atomic E-state index is -0.739. The number of aryl methyl sites for hydroxylation is 1.